The number of halogens is 1. The smallest absolute Gasteiger partial charge is 0.336 e. The van der Waals surface area contributed by atoms with Gasteiger partial charge in [0.05, 0.1) is 11.1 Å². The van der Waals surface area contributed by atoms with Gasteiger partial charge in [-0.25, -0.2) is 4.79 Å². The van der Waals surface area contributed by atoms with E-state index in [1.807, 2.05) is 6.92 Å². The normalized spacial score (nSPS) is 10.6. The summed E-state index contributed by atoms with van der Waals surface area (Å²) in [6.07, 6.45) is 2.25. The number of aromatic carboxylic acids is 1. The minimum absolute atomic E-state index is 0.301. The molecule has 0 saturated heterocycles. The zero-order valence-corrected chi connectivity index (χ0v) is 9.45. The molecule has 0 unspecified atom stereocenters. The number of pyridine rings is 1. The molecule has 0 aliphatic carbocycles. The van der Waals surface area contributed by atoms with Crippen LogP contribution in [0.25, 0.3) is 10.9 Å². The monoisotopic (exact) mass is 235 g/mol. The molecular formula is C12H10ClNO2. The molecule has 1 N–H and O–H groups in total. The summed E-state index contributed by atoms with van der Waals surface area (Å²) >= 11 is 5.87. The van der Waals surface area contributed by atoms with E-state index in [0.29, 0.717) is 27.9 Å². The summed E-state index contributed by atoms with van der Waals surface area (Å²) in [4.78, 5) is 15.4. The second kappa shape index (κ2) is 4.10. The number of benzene rings is 1. The Kier molecular flexibility index (Phi) is 2.79. The van der Waals surface area contributed by atoms with Gasteiger partial charge in [-0.2, -0.15) is 0 Å². The molecular weight excluding hydrogens is 226 g/mol. The number of aromatic nitrogens is 1. The number of hydrogen-bond acceptors (Lipinski definition) is 2. The predicted octanol–water partition coefficient (Wildman–Crippen LogP) is 3.15. The number of hydrogen-bond donors (Lipinski definition) is 1. The Morgan fingerprint density at radius 2 is 2.25 bits per heavy atom. The standard InChI is InChI=1S/C12H10ClNO2/c1-2-7-6-14-10-4-3-8(13)5-9(10)11(7)12(15)16/h3-6H,2H2,1H3,(H,15,16). The summed E-state index contributed by atoms with van der Waals surface area (Å²) in [7, 11) is 0. The van der Waals surface area contributed by atoms with E-state index in [1.165, 1.54) is 0 Å². The molecule has 2 aromatic rings. The largest absolute Gasteiger partial charge is 0.478 e. The van der Waals surface area contributed by atoms with Crippen LogP contribution in [0.2, 0.25) is 5.02 Å². The lowest BCUT2D eigenvalue weighted by Gasteiger charge is -2.07. The van der Waals surface area contributed by atoms with E-state index in [4.69, 9.17) is 11.6 Å². The van der Waals surface area contributed by atoms with E-state index < -0.39 is 5.97 Å². The van der Waals surface area contributed by atoms with E-state index >= 15 is 0 Å². The summed E-state index contributed by atoms with van der Waals surface area (Å²) < 4.78 is 0. The molecule has 1 aromatic carbocycles. The molecule has 0 aliphatic rings. The molecule has 0 spiro atoms. The fourth-order valence-corrected chi connectivity index (χ4v) is 1.90. The summed E-state index contributed by atoms with van der Waals surface area (Å²) in [6.45, 7) is 1.90. The Labute approximate surface area is 97.7 Å². The fraction of sp³-hybridized carbons (Fsp3) is 0.167. The summed E-state index contributed by atoms with van der Waals surface area (Å²) in [5.74, 6) is -0.938. The fourth-order valence-electron chi connectivity index (χ4n) is 1.73. The van der Waals surface area contributed by atoms with Crippen LogP contribution in [0.15, 0.2) is 24.4 Å². The van der Waals surface area contributed by atoms with E-state index in [-0.39, 0.29) is 0 Å². The number of carboxylic acids is 1. The summed E-state index contributed by atoms with van der Waals surface area (Å²) in [5, 5.41) is 10.3. The minimum Gasteiger partial charge on any atom is -0.478 e. The van der Waals surface area contributed by atoms with Gasteiger partial charge in [-0.1, -0.05) is 18.5 Å². The van der Waals surface area contributed by atoms with Crippen LogP contribution in [0.1, 0.15) is 22.8 Å². The lowest BCUT2D eigenvalue weighted by Crippen LogP contribution is -2.04. The van der Waals surface area contributed by atoms with Crippen molar-refractivity contribution in [2.24, 2.45) is 0 Å². The topological polar surface area (TPSA) is 50.2 Å². The number of rotatable bonds is 2. The Bertz CT molecular complexity index is 566. The van der Waals surface area contributed by atoms with E-state index in [1.54, 1.807) is 24.4 Å². The van der Waals surface area contributed by atoms with Crippen molar-refractivity contribution >= 4 is 28.5 Å². The van der Waals surface area contributed by atoms with Crippen LogP contribution >= 0.6 is 11.6 Å². The highest BCUT2D eigenvalue weighted by Gasteiger charge is 2.14. The van der Waals surface area contributed by atoms with Crippen LogP contribution in [0.3, 0.4) is 0 Å². The third-order valence-electron chi connectivity index (χ3n) is 2.50. The van der Waals surface area contributed by atoms with Crippen LogP contribution in [0, 0.1) is 0 Å². The molecule has 0 atom stereocenters. The van der Waals surface area contributed by atoms with Gasteiger partial charge < -0.3 is 5.11 Å². The Morgan fingerprint density at radius 1 is 1.50 bits per heavy atom. The van der Waals surface area contributed by atoms with Crippen molar-refractivity contribution in [3.8, 4) is 0 Å². The average molecular weight is 236 g/mol. The first-order chi connectivity index (χ1) is 7.63. The highest BCUT2D eigenvalue weighted by atomic mass is 35.5. The van der Waals surface area contributed by atoms with Crippen LogP contribution in [0.4, 0.5) is 0 Å². The van der Waals surface area contributed by atoms with Crippen molar-refractivity contribution in [3.05, 3.63) is 40.5 Å². The number of nitrogens with zero attached hydrogens (tertiary/aromatic N) is 1. The molecule has 2 rings (SSSR count). The second-order valence-corrected chi connectivity index (χ2v) is 3.92. The average Bonchev–Trinajstić information content (AvgIpc) is 2.26. The van der Waals surface area contributed by atoms with Gasteiger partial charge in [0, 0.05) is 16.6 Å². The van der Waals surface area contributed by atoms with Gasteiger partial charge in [0.2, 0.25) is 0 Å². The van der Waals surface area contributed by atoms with Crippen molar-refractivity contribution < 1.29 is 9.90 Å². The molecule has 82 valence electrons. The molecule has 1 aromatic heterocycles. The molecule has 3 nitrogen and oxygen atoms in total. The maximum Gasteiger partial charge on any atom is 0.336 e. The van der Waals surface area contributed by atoms with Gasteiger partial charge in [0.25, 0.3) is 0 Å². The number of aryl methyl sites for hydroxylation is 1. The Balaban J connectivity index is 2.87. The first-order valence-corrected chi connectivity index (χ1v) is 5.31. The third-order valence-corrected chi connectivity index (χ3v) is 2.74. The molecule has 0 saturated carbocycles. The van der Waals surface area contributed by atoms with Crippen molar-refractivity contribution in [2.75, 3.05) is 0 Å². The highest BCUT2D eigenvalue weighted by molar-refractivity contribution is 6.31. The first kappa shape index (κ1) is 10.9. The number of fused-ring (bicyclic) bond motifs is 1. The van der Waals surface area contributed by atoms with Gasteiger partial charge in [0.1, 0.15) is 0 Å². The lowest BCUT2D eigenvalue weighted by molar-refractivity contribution is 0.0698. The Hall–Kier alpha value is -1.61. The molecule has 0 fully saturated rings. The summed E-state index contributed by atoms with van der Waals surface area (Å²) in [6, 6.07) is 5.07. The zero-order chi connectivity index (χ0) is 11.7. The second-order valence-electron chi connectivity index (χ2n) is 3.48. The zero-order valence-electron chi connectivity index (χ0n) is 8.70. The highest BCUT2D eigenvalue weighted by Crippen LogP contribution is 2.24. The van der Waals surface area contributed by atoms with Crippen molar-refractivity contribution in [1.82, 2.24) is 4.98 Å². The quantitative estimate of drug-likeness (QED) is 0.870. The molecule has 16 heavy (non-hydrogen) atoms. The van der Waals surface area contributed by atoms with Crippen LogP contribution in [-0.4, -0.2) is 16.1 Å². The number of carboxylic acid groups (broad SMARTS) is 1. The molecule has 0 aliphatic heterocycles. The predicted molar refractivity (Wildman–Crippen MR) is 63.1 cm³/mol. The third kappa shape index (κ3) is 1.74. The molecule has 1 heterocycles. The van der Waals surface area contributed by atoms with E-state index in [9.17, 15) is 9.90 Å². The maximum absolute atomic E-state index is 11.2. The molecule has 0 amide bonds. The molecule has 4 heteroatoms. The van der Waals surface area contributed by atoms with Crippen LogP contribution in [0.5, 0.6) is 0 Å². The van der Waals surface area contributed by atoms with E-state index in [0.717, 1.165) is 5.56 Å². The first-order valence-electron chi connectivity index (χ1n) is 4.94. The van der Waals surface area contributed by atoms with Gasteiger partial charge in [0.15, 0.2) is 0 Å². The van der Waals surface area contributed by atoms with Crippen LogP contribution in [-0.2, 0) is 6.42 Å². The minimum atomic E-state index is -0.938. The molecule has 0 radical (unpaired) electrons. The maximum atomic E-state index is 11.2. The summed E-state index contributed by atoms with van der Waals surface area (Å²) in [5.41, 5.74) is 1.68. The van der Waals surface area contributed by atoms with Gasteiger partial charge in [-0.15, -0.1) is 0 Å². The van der Waals surface area contributed by atoms with Crippen LogP contribution < -0.4 is 0 Å². The SMILES string of the molecule is CCc1cnc2ccc(Cl)cc2c1C(=O)O. The molecule has 0 bridgehead atoms. The van der Waals surface area contributed by atoms with Gasteiger partial charge in [-0.3, -0.25) is 4.98 Å². The van der Waals surface area contributed by atoms with Crippen molar-refractivity contribution in [1.29, 1.82) is 0 Å². The lowest BCUT2D eigenvalue weighted by atomic mass is 10.0. The van der Waals surface area contributed by atoms with E-state index in [2.05, 4.69) is 4.98 Å². The van der Waals surface area contributed by atoms with Crippen molar-refractivity contribution in [3.63, 3.8) is 0 Å². The van der Waals surface area contributed by atoms with Gasteiger partial charge in [-0.05, 0) is 30.2 Å². The number of carbonyl (C=O) groups is 1. The van der Waals surface area contributed by atoms with Gasteiger partial charge >= 0.3 is 5.97 Å². The van der Waals surface area contributed by atoms with Crippen molar-refractivity contribution in [2.45, 2.75) is 13.3 Å². The Morgan fingerprint density at radius 3 is 2.88 bits per heavy atom.